The molecule has 1 amide bonds. The maximum atomic E-state index is 12.9. The van der Waals surface area contributed by atoms with Crippen molar-refractivity contribution in [2.24, 2.45) is 0 Å². The fourth-order valence-electron chi connectivity index (χ4n) is 2.26. The third-order valence-corrected chi connectivity index (χ3v) is 3.90. The van der Waals surface area contributed by atoms with E-state index in [0.29, 0.717) is 25.3 Å². The van der Waals surface area contributed by atoms with Crippen molar-refractivity contribution in [3.63, 3.8) is 0 Å². The smallest absolute Gasteiger partial charge is 0.261 e. The summed E-state index contributed by atoms with van der Waals surface area (Å²) in [4.78, 5) is 12.2. The van der Waals surface area contributed by atoms with Crippen LogP contribution in [0.3, 0.4) is 0 Å². The molecule has 25 heavy (non-hydrogen) atoms. The van der Waals surface area contributed by atoms with Gasteiger partial charge in [0.1, 0.15) is 23.9 Å². The van der Waals surface area contributed by atoms with Crippen LogP contribution in [-0.4, -0.2) is 25.2 Å². The van der Waals surface area contributed by atoms with Gasteiger partial charge in [0.05, 0.1) is 6.54 Å². The molecule has 0 spiro atoms. The van der Waals surface area contributed by atoms with E-state index >= 15 is 0 Å². The predicted octanol–water partition coefficient (Wildman–Crippen LogP) is 3.80. The number of hydrogen-bond acceptors (Lipinski definition) is 3. The summed E-state index contributed by atoms with van der Waals surface area (Å²) in [6, 6.07) is 11.5. The summed E-state index contributed by atoms with van der Waals surface area (Å²) < 4.78 is 24.2. The van der Waals surface area contributed by atoms with Crippen LogP contribution in [0.15, 0.2) is 42.5 Å². The summed E-state index contributed by atoms with van der Waals surface area (Å²) in [5.74, 6) is 0.700. The molecule has 2 rings (SSSR count). The first kappa shape index (κ1) is 18.8. The number of carbonyl (C=O) groups is 1. The summed E-state index contributed by atoms with van der Waals surface area (Å²) >= 11 is 0. The third kappa shape index (κ3) is 5.78. The lowest BCUT2D eigenvalue weighted by Crippen LogP contribution is -2.39. The lowest BCUT2D eigenvalue weighted by Gasteiger charge is -2.17. The molecule has 2 aromatic rings. The highest BCUT2D eigenvalue weighted by molar-refractivity contribution is 5.81. The average molecular weight is 345 g/mol. The second kappa shape index (κ2) is 9.06. The van der Waals surface area contributed by atoms with Crippen LogP contribution in [0, 0.1) is 19.7 Å². The van der Waals surface area contributed by atoms with E-state index in [0.717, 1.165) is 5.75 Å². The molecule has 0 aromatic heterocycles. The van der Waals surface area contributed by atoms with Crippen LogP contribution in [0.4, 0.5) is 4.39 Å². The van der Waals surface area contributed by atoms with E-state index in [9.17, 15) is 9.18 Å². The summed E-state index contributed by atoms with van der Waals surface area (Å²) in [5, 5.41) is 2.80. The quantitative estimate of drug-likeness (QED) is 0.741. The summed E-state index contributed by atoms with van der Waals surface area (Å²) in [6.45, 7) is 6.70. The van der Waals surface area contributed by atoms with Crippen LogP contribution in [0.2, 0.25) is 0 Å². The highest BCUT2D eigenvalue weighted by atomic mass is 19.1. The second-order valence-electron chi connectivity index (χ2n) is 5.85. The van der Waals surface area contributed by atoms with Crippen molar-refractivity contribution in [2.45, 2.75) is 33.3 Å². The molecule has 0 fully saturated rings. The maximum Gasteiger partial charge on any atom is 0.261 e. The SMILES string of the molecule is CC[C@@H](Oc1ccc(F)cc1)C(=O)NCCOc1ccc(C)c(C)c1. The molecule has 2 aromatic carbocycles. The Bertz CT molecular complexity index is 701. The summed E-state index contributed by atoms with van der Waals surface area (Å²) in [7, 11) is 0. The third-order valence-electron chi connectivity index (χ3n) is 3.90. The first-order valence-electron chi connectivity index (χ1n) is 8.39. The van der Waals surface area contributed by atoms with Crippen molar-refractivity contribution >= 4 is 5.91 Å². The molecular formula is C20H24FNO3. The Labute approximate surface area is 148 Å². The van der Waals surface area contributed by atoms with Crippen molar-refractivity contribution < 1.29 is 18.7 Å². The van der Waals surface area contributed by atoms with Gasteiger partial charge in [0.2, 0.25) is 0 Å². The van der Waals surface area contributed by atoms with Gasteiger partial charge in [0.25, 0.3) is 5.91 Å². The minimum atomic E-state index is -0.618. The van der Waals surface area contributed by atoms with Crippen molar-refractivity contribution in [1.29, 1.82) is 0 Å². The van der Waals surface area contributed by atoms with Crippen LogP contribution >= 0.6 is 0 Å². The zero-order valence-corrected chi connectivity index (χ0v) is 14.8. The topological polar surface area (TPSA) is 47.6 Å². The fraction of sp³-hybridized carbons (Fsp3) is 0.350. The van der Waals surface area contributed by atoms with E-state index in [1.165, 1.54) is 35.4 Å². The van der Waals surface area contributed by atoms with Crippen LogP contribution in [0.5, 0.6) is 11.5 Å². The maximum absolute atomic E-state index is 12.9. The molecule has 0 aliphatic heterocycles. The van der Waals surface area contributed by atoms with E-state index in [2.05, 4.69) is 5.32 Å². The van der Waals surface area contributed by atoms with Crippen molar-refractivity contribution in [1.82, 2.24) is 5.32 Å². The second-order valence-corrected chi connectivity index (χ2v) is 5.85. The summed E-state index contributed by atoms with van der Waals surface area (Å²) in [5.41, 5.74) is 2.38. The standard InChI is InChI=1S/C20H24FNO3/c1-4-19(25-17-9-6-16(21)7-10-17)20(23)22-11-12-24-18-8-5-14(2)15(3)13-18/h5-10,13,19H,4,11-12H2,1-3H3,(H,22,23)/t19-/m1/s1. The zero-order valence-electron chi connectivity index (χ0n) is 14.8. The predicted molar refractivity (Wildman–Crippen MR) is 95.5 cm³/mol. The molecule has 0 bridgehead atoms. The molecule has 0 unspecified atom stereocenters. The van der Waals surface area contributed by atoms with Crippen molar-refractivity contribution in [3.8, 4) is 11.5 Å². The molecule has 0 saturated heterocycles. The Hall–Kier alpha value is -2.56. The minimum Gasteiger partial charge on any atom is -0.492 e. The van der Waals surface area contributed by atoms with Crippen molar-refractivity contribution in [3.05, 3.63) is 59.4 Å². The minimum absolute atomic E-state index is 0.212. The molecule has 1 atom stereocenters. The van der Waals surface area contributed by atoms with Crippen LogP contribution in [0.25, 0.3) is 0 Å². The number of nitrogens with one attached hydrogen (secondary N) is 1. The number of amides is 1. The largest absolute Gasteiger partial charge is 0.492 e. The Morgan fingerprint density at radius 3 is 2.40 bits per heavy atom. The van der Waals surface area contributed by atoms with Gasteiger partial charge in [-0.3, -0.25) is 4.79 Å². The monoisotopic (exact) mass is 345 g/mol. The van der Waals surface area contributed by atoms with Gasteiger partial charge >= 0.3 is 0 Å². The van der Waals surface area contributed by atoms with Gasteiger partial charge in [0.15, 0.2) is 6.10 Å². The molecule has 0 heterocycles. The van der Waals surface area contributed by atoms with Crippen molar-refractivity contribution in [2.75, 3.05) is 13.2 Å². The molecule has 1 N–H and O–H groups in total. The molecule has 0 radical (unpaired) electrons. The van der Waals surface area contributed by atoms with E-state index in [4.69, 9.17) is 9.47 Å². The number of halogens is 1. The number of hydrogen-bond donors (Lipinski definition) is 1. The van der Waals surface area contributed by atoms with Gasteiger partial charge in [-0.25, -0.2) is 4.39 Å². The lowest BCUT2D eigenvalue weighted by molar-refractivity contribution is -0.128. The van der Waals surface area contributed by atoms with E-state index < -0.39 is 6.10 Å². The number of ether oxygens (including phenoxy) is 2. The average Bonchev–Trinajstić information content (AvgIpc) is 2.61. The van der Waals surface area contributed by atoms with E-state index in [-0.39, 0.29) is 11.7 Å². The van der Waals surface area contributed by atoms with Gasteiger partial charge < -0.3 is 14.8 Å². The molecule has 0 aliphatic rings. The fourth-order valence-corrected chi connectivity index (χ4v) is 2.26. The first-order chi connectivity index (χ1) is 12.0. The molecular weight excluding hydrogens is 321 g/mol. The molecule has 4 nitrogen and oxygen atoms in total. The first-order valence-corrected chi connectivity index (χ1v) is 8.39. The molecule has 0 saturated carbocycles. The van der Waals surface area contributed by atoms with Crippen LogP contribution in [0.1, 0.15) is 24.5 Å². The molecule has 5 heteroatoms. The Kier molecular flexibility index (Phi) is 6.81. The lowest BCUT2D eigenvalue weighted by atomic mass is 10.1. The zero-order chi connectivity index (χ0) is 18.2. The van der Waals surface area contributed by atoms with Gasteiger partial charge in [-0.1, -0.05) is 13.0 Å². The van der Waals surface area contributed by atoms with Gasteiger partial charge in [0, 0.05) is 0 Å². The number of carbonyl (C=O) groups excluding carboxylic acids is 1. The van der Waals surface area contributed by atoms with Crippen LogP contribution in [-0.2, 0) is 4.79 Å². The van der Waals surface area contributed by atoms with Crippen LogP contribution < -0.4 is 14.8 Å². The van der Waals surface area contributed by atoms with Gasteiger partial charge in [-0.2, -0.15) is 0 Å². The highest BCUT2D eigenvalue weighted by Gasteiger charge is 2.17. The Morgan fingerprint density at radius 1 is 1.08 bits per heavy atom. The molecule has 0 aliphatic carbocycles. The number of aryl methyl sites for hydroxylation is 2. The number of benzene rings is 2. The molecule has 134 valence electrons. The normalized spacial score (nSPS) is 11.7. The van der Waals surface area contributed by atoms with E-state index in [1.54, 1.807) is 0 Å². The Morgan fingerprint density at radius 2 is 1.76 bits per heavy atom. The van der Waals surface area contributed by atoms with Gasteiger partial charge in [-0.15, -0.1) is 0 Å². The Balaban J connectivity index is 1.77. The van der Waals surface area contributed by atoms with Gasteiger partial charge in [-0.05, 0) is 67.8 Å². The summed E-state index contributed by atoms with van der Waals surface area (Å²) in [6.07, 6.45) is -0.103. The van der Waals surface area contributed by atoms with E-state index in [1.807, 2.05) is 39.0 Å². The number of rotatable bonds is 8. The highest BCUT2D eigenvalue weighted by Crippen LogP contribution is 2.16.